The first-order valence-electron chi connectivity index (χ1n) is 3.52. The maximum Gasteiger partial charge on any atom is 1.00 e. The Morgan fingerprint density at radius 2 is 1.13 bits per heavy atom. The summed E-state index contributed by atoms with van der Waals surface area (Å²) in [5.74, 6) is 0. The minimum absolute atomic E-state index is 0. The molecule has 0 aliphatic heterocycles. The standard InChI is InChI=1S/C7H10.2CH2O2.2Na/c1-7(2)5-3-4-6-7;2*2-1-3;;/h3-6H,1-2H3;2*1H,(H,2,3);;/q;;;2*+1/p-2. The van der Waals surface area contributed by atoms with E-state index in [2.05, 4.69) is 38.2 Å². The van der Waals surface area contributed by atoms with Crippen molar-refractivity contribution < 1.29 is 78.9 Å². The second-order valence-corrected chi connectivity index (χ2v) is 2.73. The van der Waals surface area contributed by atoms with Gasteiger partial charge in [-0.05, 0) is 0 Å². The van der Waals surface area contributed by atoms with Crippen LogP contribution >= 0.6 is 0 Å². The first kappa shape index (κ1) is 24.6. The van der Waals surface area contributed by atoms with E-state index in [4.69, 9.17) is 19.8 Å². The smallest absolute Gasteiger partial charge is 0.554 e. The van der Waals surface area contributed by atoms with Crippen LogP contribution in [0, 0.1) is 5.41 Å². The summed E-state index contributed by atoms with van der Waals surface area (Å²) in [5.41, 5.74) is 0.333. The predicted molar refractivity (Wildman–Crippen MR) is 44.2 cm³/mol. The predicted octanol–water partition coefficient (Wildman–Crippen LogP) is -7.12. The van der Waals surface area contributed by atoms with Crippen LogP contribution in [0.4, 0.5) is 0 Å². The molecular weight excluding hydrogens is 218 g/mol. The van der Waals surface area contributed by atoms with E-state index in [0.29, 0.717) is 5.41 Å². The summed E-state index contributed by atoms with van der Waals surface area (Å²) in [7, 11) is 0. The Hall–Kier alpha value is 0.420. The van der Waals surface area contributed by atoms with Gasteiger partial charge in [0.15, 0.2) is 0 Å². The van der Waals surface area contributed by atoms with Gasteiger partial charge >= 0.3 is 59.1 Å². The fourth-order valence-electron chi connectivity index (χ4n) is 0.663. The molecule has 1 aliphatic rings. The Balaban J connectivity index is -0.0000000665. The molecule has 0 unspecified atom stereocenters. The van der Waals surface area contributed by atoms with Gasteiger partial charge in [-0.3, -0.25) is 0 Å². The van der Waals surface area contributed by atoms with Crippen molar-refractivity contribution in [3.05, 3.63) is 24.3 Å². The third-order valence-electron chi connectivity index (χ3n) is 1.16. The molecule has 1 rings (SSSR count). The van der Waals surface area contributed by atoms with Gasteiger partial charge in [0.2, 0.25) is 0 Å². The van der Waals surface area contributed by atoms with E-state index in [1.165, 1.54) is 0 Å². The topological polar surface area (TPSA) is 80.3 Å². The van der Waals surface area contributed by atoms with Crippen molar-refractivity contribution >= 4 is 12.9 Å². The van der Waals surface area contributed by atoms with Crippen LogP contribution in [0.15, 0.2) is 24.3 Å². The summed E-state index contributed by atoms with van der Waals surface area (Å²) >= 11 is 0. The fourth-order valence-corrected chi connectivity index (χ4v) is 0.663. The maximum atomic E-state index is 8.25. The van der Waals surface area contributed by atoms with E-state index < -0.39 is 12.9 Å². The van der Waals surface area contributed by atoms with Gasteiger partial charge in [-0.1, -0.05) is 38.2 Å². The SMILES string of the molecule is CC1(C)C=CC=C1.O=C[O-].O=C[O-].[Na+].[Na+]. The molecule has 0 saturated heterocycles. The summed E-state index contributed by atoms with van der Waals surface area (Å²) in [6.45, 7) is 3.38. The molecular formula is C9H12Na2O4. The minimum atomic E-state index is -0.500. The van der Waals surface area contributed by atoms with Gasteiger partial charge in [0.1, 0.15) is 0 Å². The average Bonchev–Trinajstić information content (AvgIpc) is 2.37. The van der Waals surface area contributed by atoms with Gasteiger partial charge < -0.3 is 19.8 Å². The molecule has 0 atom stereocenters. The van der Waals surface area contributed by atoms with Crippen molar-refractivity contribution in [3.63, 3.8) is 0 Å². The van der Waals surface area contributed by atoms with Crippen LogP contribution in [0.25, 0.3) is 0 Å². The summed E-state index contributed by atoms with van der Waals surface area (Å²) in [5, 5.41) is 16.5. The van der Waals surface area contributed by atoms with Crippen molar-refractivity contribution in [1.29, 1.82) is 0 Å². The van der Waals surface area contributed by atoms with E-state index in [9.17, 15) is 0 Å². The van der Waals surface area contributed by atoms with Crippen molar-refractivity contribution in [2.75, 3.05) is 0 Å². The van der Waals surface area contributed by atoms with Crippen LogP contribution in [0.1, 0.15) is 13.8 Å². The van der Waals surface area contributed by atoms with E-state index in [1.807, 2.05) is 0 Å². The number of carbonyl (C=O) groups is 2. The number of carbonyl (C=O) groups excluding carboxylic acids is 2. The molecule has 0 aromatic heterocycles. The third-order valence-corrected chi connectivity index (χ3v) is 1.16. The van der Waals surface area contributed by atoms with Gasteiger partial charge in [0, 0.05) is 18.4 Å². The Bertz CT molecular complexity index is 180. The molecule has 74 valence electrons. The first-order chi connectivity index (χ1) is 6.04. The summed E-state index contributed by atoms with van der Waals surface area (Å²) in [6.07, 6.45) is 8.54. The molecule has 0 amide bonds. The third kappa shape index (κ3) is 25.1. The molecule has 0 N–H and O–H groups in total. The number of hydrogen-bond acceptors (Lipinski definition) is 4. The number of carboxylic acid groups (broad SMARTS) is 2. The maximum absolute atomic E-state index is 8.25. The Labute approximate surface area is 134 Å². The van der Waals surface area contributed by atoms with Crippen molar-refractivity contribution in [2.45, 2.75) is 13.8 Å². The molecule has 0 aromatic carbocycles. The summed E-state index contributed by atoms with van der Waals surface area (Å²) in [4.78, 5) is 16.5. The van der Waals surface area contributed by atoms with Crippen LogP contribution < -0.4 is 69.3 Å². The van der Waals surface area contributed by atoms with Crippen molar-refractivity contribution in [1.82, 2.24) is 0 Å². The first-order valence-corrected chi connectivity index (χ1v) is 3.52. The Morgan fingerprint density at radius 3 is 1.20 bits per heavy atom. The number of hydrogen-bond donors (Lipinski definition) is 0. The van der Waals surface area contributed by atoms with Gasteiger partial charge in [-0.15, -0.1) is 0 Å². The minimum Gasteiger partial charge on any atom is -0.554 e. The normalized spacial score (nSPS) is 12.7. The van der Waals surface area contributed by atoms with E-state index in [1.54, 1.807) is 0 Å². The van der Waals surface area contributed by atoms with Crippen LogP contribution in [-0.4, -0.2) is 12.9 Å². The molecule has 6 heteroatoms. The molecule has 1 aliphatic carbocycles. The van der Waals surface area contributed by atoms with Crippen LogP contribution in [0.2, 0.25) is 0 Å². The Kier molecular flexibility index (Phi) is 27.6. The molecule has 0 radical (unpaired) electrons. The molecule has 0 spiro atoms. The fraction of sp³-hybridized carbons (Fsp3) is 0.333. The molecule has 0 aromatic rings. The molecule has 4 nitrogen and oxygen atoms in total. The second-order valence-electron chi connectivity index (χ2n) is 2.73. The average molecular weight is 230 g/mol. The van der Waals surface area contributed by atoms with E-state index >= 15 is 0 Å². The van der Waals surface area contributed by atoms with Gasteiger partial charge in [0.25, 0.3) is 0 Å². The summed E-state index contributed by atoms with van der Waals surface area (Å²) in [6, 6.07) is 0. The zero-order valence-corrected chi connectivity index (χ0v) is 13.6. The van der Waals surface area contributed by atoms with E-state index in [0.717, 1.165) is 0 Å². The van der Waals surface area contributed by atoms with Gasteiger partial charge in [-0.2, -0.15) is 0 Å². The quantitative estimate of drug-likeness (QED) is 0.306. The molecule has 0 heterocycles. The largest absolute Gasteiger partial charge is 1.00 e. The zero-order valence-electron chi connectivity index (χ0n) is 9.60. The molecule has 15 heavy (non-hydrogen) atoms. The van der Waals surface area contributed by atoms with Crippen molar-refractivity contribution in [2.24, 2.45) is 5.41 Å². The van der Waals surface area contributed by atoms with Crippen LogP contribution in [-0.2, 0) is 9.59 Å². The molecule has 0 fully saturated rings. The Morgan fingerprint density at radius 1 is 0.933 bits per heavy atom. The number of allylic oxidation sites excluding steroid dienone is 4. The zero-order chi connectivity index (χ0) is 10.7. The summed E-state index contributed by atoms with van der Waals surface area (Å²) < 4.78 is 0. The van der Waals surface area contributed by atoms with Crippen LogP contribution in [0.5, 0.6) is 0 Å². The van der Waals surface area contributed by atoms with Crippen LogP contribution in [0.3, 0.4) is 0 Å². The second kappa shape index (κ2) is 16.8. The van der Waals surface area contributed by atoms with Crippen molar-refractivity contribution in [3.8, 4) is 0 Å². The van der Waals surface area contributed by atoms with Gasteiger partial charge in [-0.25, -0.2) is 0 Å². The van der Waals surface area contributed by atoms with E-state index in [-0.39, 0.29) is 59.1 Å². The molecule has 0 saturated carbocycles. The number of rotatable bonds is 0. The molecule has 0 bridgehead atoms. The monoisotopic (exact) mass is 230 g/mol. The van der Waals surface area contributed by atoms with Gasteiger partial charge in [0.05, 0.1) is 0 Å².